The molecule has 3 aliphatic heterocycles. The first kappa shape index (κ1) is 24.1. The van der Waals surface area contributed by atoms with Crippen LogP contribution in [0.1, 0.15) is 108 Å². The molecule has 5 fully saturated rings. The average Bonchev–Trinajstić information content (AvgIpc) is 3.45. The monoisotopic (exact) mass is 504 g/mol. The fourth-order valence-electron chi connectivity index (χ4n) is 9.47. The molecule has 5 aliphatic rings. The van der Waals surface area contributed by atoms with Gasteiger partial charge in [-0.15, -0.1) is 0 Å². The lowest BCUT2D eigenvalue weighted by atomic mass is 9.73. The van der Waals surface area contributed by atoms with Crippen LogP contribution in [0.5, 0.6) is 0 Å². The molecule has 7 atom stereocenters. The fourth-order valence-corrected chi connectivity index (χ4v) is 9.47. The summed E-state index contributed by atoms with van der Waals surface area (Å²) in [7, 11) is 0. The van der Waals surface area contributed by atoms with E-state index in [1.807, 2.05) is 0 Å². The summed E-state index contributed by atoms with van der Waals surface area (Å²) in [6, 6.07) is 11.4. The Hall–Kier alpha value is -1.92. The van der Waals surface area contributed by atoms with Crippen molar-refractivity contribution < 1.29 is 9.90 Å². The molecule has 4 bridgehead atoms. The smallest absolute Gasteiger partial charge is 0.317 e. The van der Waals surface area contributed by atoms with E-state index in [0.717, 1.165) is 48.6 Å². The number of hydrogen-bond donors (Lipinski definition) is 1. The van der Waals surface area contributed by atoms with E-state index in [9.17, 15) is 9.90 Å². The van der Waals surface area contributed by atoms with Crippen molar-refractivity contribution in [2.24, 2.45) is 11.8 Å². The van der Waals surface area contributed by atoms with Crippen LogP contribution in [0.4, 0.5) is 0 Å². The lowest BCUT2D eigenvalue weighted by Crippen LogP contribution is -2.58. The minimum absolute atomic E-state index is 0.113. The molecular weight excluding hydrogens is 460 g/mol. The molecular formula is C31H44N4O2. The Labute approximate surface area is 221 Å². The summed E-state index contributed by atoms with van der Waals surface area (Å²) in [6.07, 6.45) is 18.8. The van der Waals surface area contributed by atoms with E-state index >= 15 is 0 Å². The second kappa shape index (κ2) is 10.00. The normalized spacial score (nSPS) is 37.0. The molecule has 1 aromatic heterocycles. The molecule has 0 spiro atoms. The second-order valence-corrected chi connectivity index (χ2v) is 13.0. The van der Waals surface area contributed by atoms with Crippen LogP contribution in [0, 0.1) is 11.8 Å². The lowest BCUT2D eigenvalue weighted by molar-refractivity contribution is -0.138. The molecule has 2 saturated carbocycles. The van der Waals surface area contributed by atoms with E-state index in [-0.39, 0.29) is 12.6 Å². The summed E-state index contributed by atoms with van der Waals surface area (Å²) in [6.45, 7) is 0.968. The first-order valence-electron chi connectivity index (χ1n) is 15.3. The van der Waals surface area contributed by atoms with Crippen LogP contribution in [0.2, 0.25) is 0 Å². The van der Waals surface area contributed by atoms with Gasteiger partial charge in [-0.25, -0.2) is 4.98 Å². The topological polar surface area (TPSA) is 61.6 Å². The summed E-state index contributed by atoms with van der Waals surface area (Å²) in [5, 5.41) is 9.56. The number of carboxylic acids is 1. The van der Waals surface area contributed by atoms with Gasteiger partial charge in [0.15, 0.2) is 0 Å². The van der Waals surface area contributed by atoms with E-state index in [1.54, 1.807) is 0 Å². The predicted octanol–water partition coefficient (Wildman–Crippen LogP) is 6.17. The molecule has 2 aliphatic carbocycles. The molecule has 6 heteroatoms. The Balaban J connectivity index is 1.20. The van der Waals surface area contributed by atoms with Crippen LogP contribution in [0.25, 0.3) is 11.0 Å². The quantitative estimate of drug-likeness (QED) is 0.527. The maximum Gasteiger partial charge on any atom is 0.317 e. The van der Waals surface area contributed by atoms with Gasteiger partial charge in [0.25, 0.3) is 0 Å². The van der Waals surface area contributed by atoms with Crippen LogP contribution in [0.15, 0.2) is 24.3 Å². The first-order chi connectivity index (χ1) is 18.1. The Morgan fingerprint density at radius 3 is 2.27 bits per heavy atom. The third kappa shape index (κ3) is 4.52. The van der Waals surface area contributed by atoms with E-state index in [1.165, 1.54) is 82.6 Å². The Bertz CT molecular complexity index is 1100. The van der Waals surface area contributed by atoms with Gasteiger partial charge in [-0.05, 0) is 88.3 Å². The Morgan fingerprint density at radius 2 is 1.54 bits per heavy atom. The van der Waals surface area contributed by atoms with E-state index in [2.05, 4.69) is 38.6 Å². The third-order valence-corrected chi connectivity index (χ3v) is 10.8. The van der Waals surface area contributed by atoms with E-state index in [4.69, 9.17) is 4.98 Å². The van der Waals surface area contributed by atoms with Crippen LogP contribution in [0.3, 0.4) is 0 Å². The number of imidazole rings is 1. The number of likely N-dealkylation sites (tertiary alicyclic amines) is 1. The number of rotatable bonds is 5. The number of benzene rings is 1. The zero-order valence-electron chi connectivity index (χ0n) is 22.3. The highest BCUT2D eigenvalue weighted by Crippen LogP contribution is 2.48. The van der Waals surface area contributed by atoms with E-state index < -0.39 is 5.97 Å². The number of carboxylic acid groups (broad SMARTS) is 1. The molecule has 2 aromatic rings. The number of aliphatic carboxylic acids is 1. The highest BCUT2D eigenvalue weighted by Gasteiger charge is 2.46. The largest absolute Gasteiger partial charge is 0.480 e. The molecule has 7 rings (SSSR count). The Morgan fingerprint density at radius 1 is 0.811 bits per heavy atom. The number of para-hydroxylation sites is 2. The van der Waals surface area contributed by atoms with Crippen molar-refractivity contribution in [1.82, 2.24) is 19.4 Å². The average molecular weight is 505 g/mol. The molecule has 3 saturated heterocycles. The molecule has 4 heterocycles. The van der Waals surface area contributed by atoms with Crippen molar-refractivity contribution in [3.63, 3.8) is 0 Å². The standard InChI is InChI=1S/C31H44N4O2/c36-30(37)20-33-14-6-13-29(33)31-32-27-11-3-4-12-28(27)35(31)26-18-23-9-5-10-24(19-26)34(23)25-16-21-7-1-2-8-22(15-21)17-25/h3-4,11-12,21-26,29H,1-2,5-10,13-20H2,(H,36,37)/t21-,22+,23-,24+,25?,26?,29-/m0/s1. The van der Waals surface area contributed by atoms with Gasteiger partial charge in [0.2, 0.25) is 0 Å². The van der Waals surface area contributed by atoms with Gasteiger partial charge in [0.1, 0.15) is 5.82 Å². The van der Waals surface area contributed by atoms with Gasteiger partial charge in [0, 0.05) is 24.2 Å². The van der Waals surface area contributed by atoms with Crippen molar-refractivity contribution in [1.29, 1.82) is 0 Å². The molecule has 1 N–H and O–H groups in total. The molecule has 0 amide bonds. The Kier molecular flexibility index (Phi) is 6.52. The van der Waals surface area contributed by atoms with Crippen molar-refractivity contribution in [2.45, 2.75) is 120 Å². The SMILES string of the molecule is O=C(O)CN1CCC[C@H]1c1nc2ccccc2n1C1C[C@H]2CCC[C@@H](C1)N2C1C[C@H]2CCCC[C@@H](C1)C2. The highest BCUT2D eigenvalue weighted by atomic mass is 16.4. The van der Waals surface area contributed by atoms with Crippen LogP contribution in [-0.4, -0.2) is 61.6 Å². The highest BCUT2D eigenvalue weighted by molar-refractivity contribution is 5.76. The van der Waals surface area contributed by atoms with Crippen LogP contribution >= 0.6 is 0 Å². The van der Waals surface area contributed by atoms with Crippen LogP contribution < -0.4 is 0 Å². The summed E-state index contributed by atoms with van der Waals surface area (Å²) in [5.41, 5.74) is 2.32. The number of nitrogens with zero attached hydrogens (tertiary/aromatic N) is 4. The maximum absolute atomic E-state index is 11.6. The molecule has 0 radical (unpaired) electrons. The summed E-state index contributed by atoms with van der Waals surface area (Å²) in [4.78, 5) is 22.0. The second-order valence-electron chi connectivity index (χ2n) is 13.0. The van der Waals surface area contributed by atoms with Crippen molar-refractivity contribution in [2.75, 3.05) is 13.1 Å². The van der Waals surface area contributed by atoms with Gasteiger partial charge >= 0.3 is 5.97 Å². The number of fused-ring (bicyclic) bond motifs is 5. The molecule has 1 aromatic carbocycles. The number of piperidine rings is 2. The summed E-state index contributed by atoms with van der Waals surface area (Å²) < 4.78 is 2.59. The number of hydrogen-bond acceptors (Lipinski definition) is 4. The van der Waals surface area contributed by atoms with Crippen molar-refractivity contribution in [3.8, 4) is 0 Å². The number of carbonyl (C=O) groups is 1. The van der Waals surface area contributed by atoms with Gasteiger partial charge in [-0.3, -0.25) is 14.6 Å². The first-order valence-corrected chi connectivity index (χ1v) is 15.3. The molecule has 2 unspecified atom stereocenters. The van der Waals surface area contributed by atoms with Gasteiger partial charge in [0.05, 0.1) is 23.6 Å². The van der Waals surface area contributed by atoms with Gasteiger partial charge in [-0.1, -0.05) is 44.2 Å². The van der Waals surface area contributed by atoms with Gasteiger partial charge in [-0.2, -0.15) is 0 Å². The molecule has 37 heavy (non-hydrogen) atoms. The van der Waals surface area contributed by atoms with Crippen LogP contribution in [-0.2, 0) is 4.79 Å². The lowest BCUT2D eigenvalue weighted by Gasteiger charge is -2.55. The third-order valence-electron chi connectivity index (χ3n) is 10.8. The predicted molar refractivity (Wildman–Crippen MR) is 146 cm³/mol. The molecule has 200 valence electrons. The molecule has 6 nitrogen and oxygen atoms in total. The minimum Gasteiger partial charge on any atom is -0.480 e. The zero-order valence-corrected chi connectivity index (χ0v) is 22.3. The maximum atomic E-state index is 11.6. The van der Waals surface area contributed by atoms with E-state index in [0.29, 0.717) is 18.1 Å². The van der Waals surface area contributed by atoms with Crippen molar-refractivity contribution in [3.05, 3.63) is 30.1 Å². The number of aromatic nitrogens is 2. The summed E-state index contributed by atoms with van der Waals surface area (Å²) in [5.74, 6) is 2.33. The summed E-state index contributed by atoms with van der Waals surface area (Å²) >= 11 is 0. The zero-order chi connectivity index (χ0) is 24.9. The fraction of sp³-hybridized carbons (Fsp3) is 0.742. The van der Waals surface area contributed by atoms with Gasteiger partial charge < -0.3 is 9.67 Å². The minimum atomic E-state index is -0.731. The van der Waals surface area contributed by atoms with Crippen molar-refractivity contribution >= 4 is 17.0 Å².